The Kier molecular flexibility index (Phi) is 6.27. The van der Waals surface area contributed by atoms with Crippen molar-refractivity contribution in [1.82, 2.24) is 15.1 Å². The fraction of sp³-hybridized carbons (Fsp3) is 0.353. The largest absolute Gasteiger partial charge is 0.348 e. The van der Waals surface area contributed by atoms with Crippen molar-refractivity contribution in [2.75, 3.05) is 6.54 Å². The lowest BCUT2D eigenvalue weighted by molar-refractivity contribution is 0.0922. The Labute approximate surface area is 150 Å². The quantitative estimate of drug-likeness (QED) is 0.860. The molecule has 3 rings (SSSR count). The molecule has 0 saturated heterocycles. The molecule has 2 unspecified atom stereocenters. The molecule has 1 saturated carbocycles. The van der Waals surface area contributed by atoms with Crippen LogP contribution < -0.4 is 16.6 Å². The Bertz CT molecular complexity index is 794. The Morgan fingerprint density at radius 1 is 1.24 bits per heavy atom. The summed E-state index contributed by atoms with van der Waals surface area (Å²) in [5, 5.41) is 7.05. The minimum absolute atomic E-state index is 0. The van der Waals surface area contributed by atoms with Gasteiger partial charge in [-0.3, -0.25) is 9.59 Å². The van der Waals surface area contributed by atoms with E-state index in [0.29, 0.717) is 12.2 Å². The molecule has 3 N–H and O–H groups in total. The van der Waals surface area contributed by atoms with E-state index in [1.54, 1.807) is 0 Å². The number of hydrogen-bond acceptors (Lipinski definition) is 4. The van der Waals surface area contributed by atoms with E-state index < -0.39 is 5.82 Å². The third-order valence-corrected chi connectivity index (χ3v) is 4.38. The van der Waals surface area contributed by atoms with Gasteiger partial charge < -0.3 is 11.1 Å². The second kappa shape index (κ2) is 8.22. The van der Waals surface area contributed by atoms with Gasteiger partial charge in [0.05, 0.1) is 5.69 Å². The first-order chi connectivity index (χ1) is 11.6. The van der Waals surface area contributed by atoms with Crippen molar-refractivity contribution in [3.8, 4) is 5.69 Å². The van der Waals surface area contributed by atoms with E-state index in [2.05, 4.69) is 10.4 Å². The smallest absolute Gasteiger partial charge is 0.271 e. The van der Waals surface area contributed by atoms with Gasteiger partial charge in [-0.1, -0.05) is 6.42 Å². The van der Waals surface area contributed by atoms with Crippen LogP contribution in [0.5, 0.6) is 0 Å². The lowest BCUT2D eigenvalue weighted by Gasteiger charge is -2.19. The SMILES string of the molecule is Cl.NCC1CCCC1NC(=O)c1ccc(=O)n(-c2ccc(F)cc2)n1. The molecule has 8 heteroatoms. The molecule has 0 aliphatic heterocycles. The molecule has 134 valence electrons. The molecule has 2 atom stereocenters. The minimum Gasteiger partial charge on any atom is -0.348 e. The predicted molar refractivity (Wildman–Crippen MR) is 94.7 cm³/mol. The number of carbonyl (C=O) groups is 1. The Balaban J connectivity index is 0.00000225. The molecule has 0 bridgehead atoms. The fourth-order valence-electron chi connectivity index (χ4n) is 3.05. The number of nitrogens with one attached hydrogen (secondary N) is 1. The van der Waals surface area contributed by atoms with E-state index in [-0.39, 0.29) is 41.5 Å². The van der Waals surface area contributed by atoms with Crippen molar-refractivity contribution in [2.45, 2.75) is 25.3 Å². The summed E-state index contributed by atoms with van der Waals surface area (Å²) in [4.78, 5) is 24.4. The number of amides is 1. The van der Waals surface area contributed by atoms with Crippen LogP contribution in [0.4, 0.5) is 4.39 Å². The van der Waals surface area contributed by atoms with Gasteiger partial charge >= 0.3 is 0 Å². The van der Waals surface area contributed by atoms with Crippen molar-refractivity contribution in [1.29, 1.82) is 0 Å². The highest BCUT2D eigenvalue weighted by molar-refractivity contribution is 5.92. The molecular formula is C17H20ClFN4O2. The highest BCUT2D eigenvalue weighted by atomic mass is 35.5. The number of carbonyl (C=O) groups excluding carboxylic acids is 1. The summed E-state index contributed by atoms with van der Waals surface area (Å²) in [5.74, 6) is -0.470. The van der Waals surface area contributed by atoms with Crippen LogP contribution in [-0.4, -0.2) is 28.3 Å². The zero-order valence-corrected chi connectivity index (χ0v) is 14.3. The monoisotopic (exact) mass is 366 g/mol. The number of nitrogens with zero attached hydrogens (tertiary/aromatic N) is 2. The highest BCUT2D eigenvalue weighted by Gasteiger charge is 2.28. The molecule has 0 spiro atoms. The van der Waals surface area contributed by atoms with Crippen LogP contribution >= 0.6 is 12.4 Å². The lowest BCUT2D eigenvalue weighted by Crippen LogP contribution is -2.40. The van der Waals surface area contributed by atoms with Gasteiger partial charge in [0.15, 0.2) is 0 Å². The maximum absolute atomic E-state index is 13.0. The average Bonchev–Trinajstić information content (AvgIpc) is 3.03. The second-order valence-corrected chi connectivity index (χ2v) is 5.95. The van der Waals surface area contributed by atoms with Crippen LogP contribution in [0.2, 0.25) is 0 Å². The first kappa shape index (κ1) is 19.1. The molecule has 1 aromatic carbocycles. The molecule has 1 aromatic heterocycles. The summed E-state index contributed by atoms with van der Waals surface area (Å²) in [6, 6.07) is 8.06. The summed E-state index contributed by atoms with van der Waals surface area (Å²) in [5.41, 5.74) is 5.88. The van der Waals surface area contributed by atoms with Gasteiger partial charge in [0, 0.05) is 12.1 Å². The molecule has 2 aromatic rings. The van der Waals surface area contributed by atoms with Crippen LogP contribution in [-0.2, 0) is 0 Å². The number of rotatable bonds is 4. The maximum atomic E-state index is 13.0. The van der Waals surface area contributed by atoms with E-state index in [0.717, 1.165) is 23.9 Å². The third-order valence-electron chi connectivity index (χ3n) is 4.38. The summed E-state index contributed by atoms with van der Waals surface area (Å²) < 4.78 is 14.1. The summed E-state index contributed by atoms with van der Waals surface area (Å²) in [6.45, 7) is 0.535. The zero-order chi connectivity index (χ0) is 17.1. The topological polar surface area (TPSA) is 90.0 Å². The summed E-state index contributed by atoms with van der Waals surface area (Å²) >= 11 is 0. The molecule has 1 aliphatic carbocycles. The first-order valence-electron chi connectivity index (χ1n) is 7.96. The number of aromatic nitrogens is 2. The zero-order valence-electron chi connectivity index (χ0n) is 13.5. The van der Waals surface area contributed by atoms with Crippen molar-refractivity contribution in [3.05, 3.63) is 58.3 Å². The average molecular weight is 367 g/mol. The van der Waals surface area contributed by atoms with E-state index in [1.807, 2.05) is 0 Å². The predicted octanol–water partition coefficient (Wildman–Crippen LogP) is 1.65. The van der Waals surface area contributed by atoms with E-state index in [1.165, 1.54) is 36.4 Å². The molecule has 1 amide bonds. The molecule has 1 aliphatic rings. The number of benzene rings is 1. The van der Waals surface area contributed by atoms with Crippen LogP contribution in [0, 0.1) is 11.7 Å². The van der Waals surface area contributed by atoms with Crippen molar-refractivity contribution < 1.29 is 9.18 Å². The maximum Gasteiger partial charge on any atom is 0.271 e. The Morgan fingerprint density at radius 3 is 2.64 bits per heavy atom. The normalized spacial score (nSPS) is 19.3. The van der Waals surface area contributed by atoms with Gasteiger partial charge in [-0.2, -0.15) is 9.78 Å². The molecule has 0 radical (unpaired) electrons. The van der Waals surface area contributed by atoms with Crippen LogP contribution in [0.3, 0.4) is 0 Å². The van der Waals surface area contributed by atoms with Crippen molar-refractivity contribution >= 4 is 18.3 Å². The summed E-state index contributed by atoms with van der Waals surface area (Å²) in [7, 11) is 0. The molecule has 1 fully saturated rings. The van der Waals surface area contributed by atoms with E-state index in [9.17, 15) is 14.0 Å². The molecule has 25 heavy (non-hydrogen) atoms. The first-order valence-corrected chi connectivity index (χ1v) is 7.96. The van der Waals surface area contributed by atoms with Gasteiger partial charge in [0.2, 0.25) is 0 Å². The van der Waals surface area contributed by atoms with E-state index >= 15 is 0 Å². The third kappa shape index (κ3) is 4.24. The summed E-state index contributed by atoms with van der Waals surface area (Å²) in [6.07, 6.45) is 2.93. The van der Waals surface area contributed by atoms with E-state index in [4.69, 9.17) is 5.73 Å². The van der Waals surface area contributed by atoms with Crippen LogP contribution in [0.25, 0.3) is 5.69 Å². The van der Waals surface area contributed by atoms with Crippen LogP contribution in [0.1, 0.15) is 29.8 Å². The molecule has 1 heterocycles. The van der Waals surface area contributed by atoms with Crippen molar-refractivity contribution in [2.24, 2.45) is 11.7 Å². The van der Waals surface area contributed by atoms with Crippen LogP contribution in [0.15, 0.2) is 41.2 Å². The minimum atomic E-state index is -0.408. The number of hydrogen-bond donors (Lipinski definition) is 2. The van der Waals surface area contributed by atoms with Gasteiger partial charge in [-0.05, 0) is 55.6 Å². The highest BCUT2D eigenvalue weighted by Crippen LogP contribution is 2.24. The number of nitrogens with two attached hydrogens (primary N) is 1. The Morgan fingerprint density at radius 2 is 1.96 bits per heavy atom. The van der Waals surface area contributed by atoms with Gasteiger partial charge in [0.25, 0.3) is 11.5 Å². The van der Waals surface area contributed by atoms with Gasteiger partial charge in [-0.25, -0.2) is 4.39 Å². The van der Waals surface area contributed by atoms with Gasteiger partial charge in [0.1, 0.15) is 11.5 Å². The lowest BCUT2D eigenvalue weighted by atomic mass is 10.0. The Hall–Kier alpha value is -2.25. The van der Waals surface area contributed by atoms with Crippen molar-refractivity contribution in [3.63, 3.8) is 0 Å². The molecular weight excluding hydrogens is 347 g/mol. The number of halogens is 2. The standard InChI is InChI=1S/C17H19FN4O2.ClH/c18-12-4-6-13(7-5-12)22-16(23)9-8-15(21-22)17(24)20-14-3-1-2-11(14)10-19;/h4-9,11,14H,1-3,10,19H2,(H,20,24);1H. The molecule has 6 nitrogen and oxygen atoms in total. The van der Waals surface area contributed by atoms with Gasteiger partial charge in [-0.15, -0.1) is 12.4 Å². The second-order valence-electron chi connectivity index (χ2n) is 5.95. The fourth-order valence-corrected chi connectivity index (χ4v) is 3.05.